The molecule has 1 atom stereocenters. The second kappa shape index (κ2) is 9.94. The van der Waals surface area contributed by atoms with Gasteiger partial charge in [-0.05, 0) is 37.8 Å². The predicted molar refractivity (Wildman–Crippen MR) is 84.1 cm³/mol. The van der Waals surface area contributed by atoms with Crippen LogP contribution in [0.5, 0.6) is 0 Å². The van der Waals surface area contributed by atoms with E-state index in [1.807, 2.05) is 0 Å². The first-order valence-electron chi connectivity index (χ1n) is 7.98. The van der Waals surface area contributed by atoms with Gasteiger partial charge in [-0.15, -0.1) is 0 Å². The van der Waals surface area contributed by atoms with Gasteiger partial charge in [0.2, 0.25) is 0 Å². The highest BCUT2D eigenvalue weighted by molar-refractivity contribution is 5.01. The molecule has 0 aromatic carbocycles. The Labute approximate surface area is 123 Å². The van der Waals surface area contributed by atoms with Crippen molar-refractivity contribution in [3.63, 3.8) is 0 Å². The summed E-state index contributed by atoms with van der Waals surface area (Å²) in [5.41, 5.74) is 1.22. The minimum Gasteiger partial charge on any atom is -0.383 e. The molecular weight excluding hydrogens is 250 g/mol. The summed E-state index contributed by atoms with van der Waals surface area (Å²) in [6.07, 6.45) is 6.67. The van der Waals surface area contributed by atoms with E-state index in [1.54, 1.807) is 7.11 Å². The van der Waals surface area contributed by atoms with Crippen molar-refractivity contribution in [1.82, 2.24) is 15.1 Å². The molecule has 116 valence electrons. The van der Waals surface area contributed by atoms with Gasteiger partial charge in [0, 0.05) is 19.9 Å². The Kier molecular flexibility index (Phi) is 8.54. The van der Waals surface area contributed by atoms with Gasteiger partial charge in [0.05, 0.1) is 18.3 Å². The zero-order valence-corrected chi connectivity index (χ0v) is 13.6. The molecule has 1 aromatic heterocycles. The molecule has 0 saturated heterocycles. The Morgan fingerprint density at radius 2 is 2.00 bits per heavy atom. The van der Waals surface area contributed by atoms with E-state index in [0.29, 0.717) is 12.0 Å². The second-order valence-electron chi connectivity index (χ2n) is 5.43. The maximum Gasteiger partial charge on any atom is 0.0627 e. The first kappa shape index (κ1) is 17.2. The molecule has 1 N–H and O–H groups in total. The largest absolute Gasteiger partial charge is 0.383 e. The first-order chi connectivity index (χ1) is 9.74. The molecule has 0 aliphatic heterocycles. The van der Waals surface area contributed by atoms with E-state index >= 15 is 0 Å². The third-order valence-electron chi connectivity index (χ3n) is 3.97. The maximum absolute atomic E-state index is 5.05. The lowest BCUT2D eigenvalue weighted by atomic mass is 10.0. The summed E-state index contributed by atoms with van der Waals surface area (Å²) >= 11 is 0. The Balaban J connectivity index is 2.44. The number of rotatable bonds is 11. The van der Waals surface area contributed by atoms with E-state index in [0.717, 1.165) is 39.0 Å². The van der Waals surface area contributed by atoms with Crippen LogP contribution < -0.4 is 5.32 Å². The highest BCUT2D eigenvalue weighted by Crippen LogP contribution is 2.16. The van der Waals surface area contributed by atoms with E-state index in [1.165, 1.54) is 12.1 Å². The van der Waals surface area contributed by atoms with Crippen molar-refractivity contribution in [2.75, 3.05) is 26.8 Å². The highest BCUT2D eigenvalue weighted by Gasteiger charge is 2.12. The van der Waals surface area contributed by atoms with Gasteiger partial charge in [0.1, 0.15) is 0 Å². The standard InChI is InChI=1S/C16H31N3O/c1-5-14(13-17-9-11-20-4)12-15-8-10-19(18-15)16(6-2)7-3/h8,10,14,16-17H,5-7,9,11-13H2,1-4H3. The smallest absolute Gasteiger partial charge is 0.0627 e. The van der Waals surface area contributed by atoms with Gasteiger partial charge in [-0.25, -0.2) is 0 Å². The number of methoxy groups -OCH3 is 1. The van der Waals surface area contributed by atoms with Crippen molar-refractivity contribution >= 4 is 0 Å². The molecule has 4 nitrogen and oxygen atoms in total. The van der Waals surface area contributed by atoms with Crippen LogP contribution in [0.3, 0.4) is 0 Å². The van der Waals surface area contributed by atoms with Gasteiger partial charge >= 0.3 is 0 Å². The van der Waals surface area contributed by atoms with Gasteiger partial charge < -0.3 is 10.1 Å². The van der Waals surface area contributed by atoms with E-state index in [4.69, 9.17) is 9.84 Å². The Morgan fingerprint density at radius 3 is 2.60 bits per heavy atom. The van der Waals surface area contributed by atoms with Crippen LogP contribution in [0.15, 0.2) is 12.3 Å². The minimum atomic E-state index is 0.545. The summed E-state index contributed by atoms with van der Waals surface area (Å²) in [5, 5.41) is 8.20. The van der Waals surface area contributed by atoms with Gasteiger partial charge in [-0.2, -0.15) is 5.10 Å². The number of ether oxygens (including phenoxy) is 1. The van der Waals surface area contributed by atoms with Crippen LogP contribution in [0.2, 0.25) is 0 Å². The quantitative estimate of drug-likeness (QED) is 0.634. The van der Waals surface area contributed by atoms with Crippen LogP contribution in [0.4, 0.5) is 0 Å². The SMILES string of the molecule is CCC(CNCCOC)Cc1ccn(C(CC)CC)n1. The summed E-state index contributed by atoms with van der Waals surface area (Å²) < 4.78 is 7.19. The molecule has 0 saturated carbocycles. The van der Waals surface area contributed by atoms with Gasteiger partial charge in [0.25, 0.3) is 0 Å². The van der Waals surface area contributed by atoms with Crippen molar-refractivity contribution in [2.24, 2.45) is 5.92 Å². The molecular formula is C16H31N3O. The van der Waals surface area contributed by atoms with Crippen molar-refractivity contribution in [1.29, 1.82) is 0 Å². The molecule has 20 heavy (non-hydrogen) atoms. The summed E-state index contributed by atoms with van der Waals surface area (Å²) in [6.45, 7) is 9.45. The third kappa shape index (κ3) is 5.63. The fourth-order valence-corrected chi connectivity index (χ4v) is 2.49. The number of nitrogens with one attached hydrogen (secondary N) is 1. The lowest BCUT2D eigenvalue weighted by Crippen LogP contribution is -2.27. The molecule has 0 aliphatic rings. The number of hydrogen-bond donors (Lipinski definition) is 1. The fourth-order valence-electron chi connectivity index (χ4n) is 2.49. The van der Waals surface area contributed by atoms with Crippen molar-refractivity contribution < 1.29 is 4.74 Å². The molecule has 0 aliphatic carbocycles. The zero-order valence-electron chi connectivity index (χ0n) is 13.6. The zero-order chi connectivity index (χ0) is 14.8. The van der Waals surface area contributed by atoms with Crippen molar-refractivity contribution in [3.05, 3.63) is 18.0 Å². The van der Waals surface area contributed by atoms with Crippen LogP contribution >= 0.6 is 0 Å². The van der Waals surface area contributed by atoms with Gasteiger partial charge in [-0.3, -0.25) is 4.68 Å². The number of hydrogen-bond acceptors (Lipinski definition) is 3. The molecule has 4 heteroatoms. The molecule has 1 heterocycles. The minimum absolute atomic E-state index is 0.545. The summed E-state index contributed by atoms with van der Waals surface area (Å²) in [7, 11) is 1.74. The van der Waals surface area contributed by atoms with Crippen molar-refractivity contribution in [3.8, 4) is 0 Å². The van der Waals surface area contributed by atoms with Crippen LogP contribution in [0.1, 0.15) is 51.8 Å². The maximum atomic E-state index is 5.05. The number of aromatic nitrogens is 2. The monoisotopic (exact) mass is 281 g/mol. The number of nitrogens with zero attached hydrogens (tertiary/aromatic N) is 2. The molecule has 0 radical (unpaired) electrons. The summed E-state index contributed by atoms with van der Waals surface area (Å²) in [6, 6.07) is 2.72. The predicted octanol–water partition coefficient (Wildman–Crippen LogP) is 3.05. The average molecular weight is 281 g/mol. The van der Waals surface area contributed by atoms with Crippen molar-refractivity contribution in [2.45, 2.75) is 52.5 Å². The lowest BCUT2D eigenvalue weighted by Gasteiger charge is -2.15. The Morgan fingerprint density at radius 1 is 1.25 bits per heavy atom. The molecule has 0 spiro atoms. The Bertz CT molecular complexity index is 347. The molecule has 0 bridgehead atoms. The molecule has 1 aromatic rings. The van der Waals surface area contributed by atoms with E-state index in [2.05, 4.69) is 43.0 Å². The average Bonchev–Trinajstić information content (AvgIpc) is 2.92. The fraction of sp³-hybridized carbons (Fsp3) is 0.812. The van der Waals surface area contributed by atoms with Gasteiger partial charge in [-0.1, -0.05) is 27.2 Å². The van der Waals surface area contributed by atoms with Crippen LogP contribution in [0.25, 0.3) is 0 Å². The molecule has 1 rings (SSSR count). The molecule has 1 unspecified atom stereocenters. The van der Waals surface area contributed by atoms with E-state index in [-0.39, 0.29) is 0 Å². The first-order valence-corrected chi connectivity index (χ1v) is 7.98. The van der Waals surface area contributed by atoms with Crippen LogP contribution in [-0.4, -0.2) is 36.6 Å². The van der Waals surface area contributed by atoms with Crippen LogP contribution in [0, 0.1) is 5.92 Å². The van der Waals surface area contributed by atoms with E-state index < -0.39 is 0 Å². The molecule has 0 amide bonds. The summed E-state index contributed by atoms with van der Waals surface area (Å²) in [5.74, 6) is 0.650. The lowest BCUT2D eigenvalue weighted by molar-refractivity contribution is 0.197. The third-order valence-corrected chi connectivity index (χ3v) is 3.97. The van der Waals surface area contributed by atoms with Crippen LogP contribution in [-0.2, 0) is 11.2 Å². The van der Waals surface area contributed by atoms with E-state index in [9.17, 15) is 0 Å². The Hall–Kier alpha value is -0.870. The molecule has 0 fully saturated rings. The topological polar surface area (TPSA) is 39.1 Å². The normalized spacial score (nSPS) is 13.1. The van der Waals surface area contributed by atoms with Gasteiger partial charge in [0.15, 0.2) is 0 Å². The highest BCUT2D eigenvalue weighted by atomic mass is 16.5. The summed E-state index contributed by atoms with van der Waals surface area (Å²) in [4.78, 5) is 0. The second-order valence-corrected chi connectivity index (χ2v) is 5.43.